The van der Waals surface area contributed by atoms with E-state index in [2.05, 4.69) is 20.4 Å². The summed E-state index contributed by atoms with van der Waals surface area (Å²) in [7, 11) is 1.56. The average molecular weight is 423 g/mol. The van der Waals surface area contributed by atoms with Gasteiger partial charge in [0.15, 0.2) is 0 Å². The molecule has 1 saturated heterocycles. The zero-order valence-electron chi connectivity index (χ0n) is 17.8. The maximum atomic E-state index is 12.8. The predicted octanol–water partition coefficient (Wildman–Crippen LogP) is 0.497. The van der Waals surface area contributed by atoms with Gasteiger partial charge < -0.3 is 15.2 Å². The summed E-state index contributed by atoms with van der Waals surface area (Å²) < 4.78 is 1.68. The van der Waals surface area contributed by atoms with Crippen LogP contribution in [0.5, 0.6) is 0 Å². The first-order valence-electron chi connectivity index (χ1n) is 10.2. The van der Waals surface area contributed by atoms with Gasteiger partial charge in [0.25, 0.3) is 11.5 Å². The molecule has 1 aliphatic rings. The third-order valence-electron chi connectivity index (χ3n) is 5.47. The highest BCUT2D eigenvalue weighted by Crippen LogP contribution is 2.22. The zero-order chi connectivity index (χ0) is 22.1. The Morgan fingerprint density at radius 3 is 2.74 bits per heavy atom. The van der Waals surface area contributed by atoms with Crippen molar-refractivity contribution in [3.8, 4) is 0 Å². The number of nitrogens with zero attached hydrogens (tertiary/aromatic N) is 5. The molecule has 2 amide bonds. The number of carbonyl (C=O) groups excluding carboxylic acids is 2. The van der Waals surface area contributed by atoms with Gasteiger partial charge in [-0.25, -0.2) is 9.50 Å². The summed E-state index contributed by atoms with van der Waals surface area (Å²) in [6.45, 7) is 5.68. The third-order valence-corrected chi connectivity index (χ3v) is 5.47. The number of nitrogens with one attached hydrogen (secondary N) is 2. The molecule has 3 aromatic rings. The minimum Gasteiger partial charge on any atom is -0.354 e. The van der Waals surface area contributed by atoms with Crippen molar-refractivity contribution in [3.05, 3.63) is 57.4 Å². The van der Waals surface area contributed by atoms with Crippen molar-refractivity contribution < 1.29 is 9.59 Å². The van der Waals surface area contributed by atoms with Crippen LogP contribution in [-0.2, 0) is 17.8 Å². The molecule has 0 radical (unpaired) electrons. The van der Waals surface area contributed by atoms with Gasteiger partial charge in [0.1, 0.15) is 11.3 Å². The van der Waals surface area contributed by atoms with Crippen molar-refractivity contribution in [1.29, 1.82) is 0 Å². The highest BCUT2D eigenvalue weighted by molar-refractivity contribution is 5.97. The molecule has 0 spiro atoms. The van der Waals surface area contributed by atoms with Crippen LogP contribution in [0.15, 0.2) is 29.2 Å². The van der Waals surface area contributed by atoms with Crippen LogP contribution in [0.3, 0.4) is 0 Å². The number of pyridine rings is 1. The van der Waals surface area contributed by atoms with Crippen LogP contribution < -0.4 is 15.8 Å². The van der Waals surface area contributed by atoms with Gasteiger partial charge in [-0.2, -0.15) is 5.10 Å². The van der Waals surface area contributed by atoms with E-state index in [9.17, 15) is 14.4 Å². The van der Waals surface area contributed by atoms with E-state index in [0.29, 0.717) is 48.7 Å². The molecule has 4 rings (SSSR count). The lowest BCUT2D eigenvalue weighted by Gasteiger charge is -2.34. The van der Waals surface area contributed by atoms with Crippen molar-refractivity contribution in [1.82, 2.24) is 29.8 Å². The van der Waals surface area contributed by atoms with Gasteiger partial charge in [-0.05, 0) is 25.5 Å². The van der Waals surface area contributed by atoms with E-state index in [1.54, 1.807) is 41.7 Å². The molecule has 10 heteroatoms. The highest BCUT2D eigenvalue weighted by Gasteiger charge is 2.27. The number of carbonyl (C=O) groups is 2. The highest BCUT2D eigenvalue weighted by atomic mass is 16.2. The van der Waals surface area contributed by atoms with Crippen LogP contribution in [0.2, 0.25) is 0 Å². The van der Waals surface area contributed by atoms with Crippen LogP contribution >= 0.6 is 0 Å². The monoisotopic (exact) mass is 423 g/mol. The average Bonchev–Trinajstić information content (AvgIpc) is 3.13. The number of aromatic amines is 1. The number of amides is 2. The lowest BCUT2D eigenvalue weighted by atomic mass is 10.2. The molecule has 4 heterocycles. The van der Waals surface area contributed by atoms with E-state index in [-0.39, 0.29) is 23.9 Å². The van der Waals surface area contributed by atoms with Crippen LogP contribution in [0.25, 0.3) is 5.65 Å². The molecular weight excluding hydrogens is 398 g/mol. The number of aromatic nitrogens is 4. The van der Waals surface area contributed by atoms with Gasteiger partial charge in [0.05, 0.1) is 23.6 Å². The largest absolute Gasteiger partial charge is 0.354 e. The van der Waals surface area contributed by atoms with Gasteiger partial charge in [-0.3, -0.25) is 19.3 Å². The molecule has 0 saturated carbocycles. The Labute approximate surface area is 178 Å². The second kappa shape index (κ2) is 8.31. The van der Waals surface area contributed by atoms with Crippen molar-refractivity contribution in [2.24, 2.45) is 0 Å². The Morgan fingerprint density at radius 2 is 2.06 bits per heavy atom. The van der Waals surface area contributed by atoms with Gasteiger partial charge in [-0.1, -0.05) is 6.92 Å². The number of hydrogen-bond acceptors (Lipinski definition) is 6. The Morgan fingerprint density at radius 1 is 1.26 bits per heavy atom. The van der Waals surface area contributed by atoms with E-state index in [0.717, 1.165) is 11.4 Å². The number of hydrogen-bond donors (Lipinski definition) is 2. The predicted molar refractivity (Wildman–Crippen MR) is 115 cm³/mol. The summed E-state index contributed by atoms with van der Waals surface area (Å²) in [5, 5.41) is 7.09. The first-order chi connectivity index (χ1) is 14.9. The zero-order valence-corrected chi connectivity index (χ0v) is 17.8. The second-order valence-electron chi connectivity index (χ2n) is 7.56. The van der Waals surface area contributed by atoms with E-state index < -0.39 is 0 Å². The maximum Gasteiger partial charge on any atom is 0.269 e. The minimum absolute atomic E-state index is 0.0331. The molecule has 162 valence electrons. The standard InChI is InChI=1S/C21H25N7O3/c1-4-14-10-28-18(24-20(14)30)9-15(25-28)11-26-7-8-27(19(29)12-26)17-6-5-16(21(31)22-3)23-13(17)2/h5-6,9-10H,4,7-8,11-12H2,1-3H3,(H,22,31)(H,24,30). The normalized spacial score (nSPS) is 14.9. The van der Waals surface area contributed by atoms with Gasteiger partial charge in [0, 0.05) is 44.5 Å². The summed E-state index contributed by atoms with van der Waals surface area (Å²) in [4.78, 5) is 47.5. The van der Waals surface area contributed by atoms with Crippen molar-refractivity contribution in [2.45, 2.75) is 26.8 Å². The van der Waals surface area contributed by atoms with Crippen LogP contribution in [0, 0.1) is 6.92 Å². The fourth-order valence-corrected chi connectivity index (χ4v) is 3.80. The summed E-state index contributed by atoms with van der Waals surface area (Å²) in [5.74, 6) is -0.292. The third kappa shape index (κ3) is 4.06. The molecule has 10 nitrogen and oxygen atoms in total. The fourth-order valence-electron chi connectivity index (χ4n) is 3.80. The van der Waals surface area contributed by atoms with Crippen molar-refractivity contribution >= 4 is 23.1 Å². The molecule has 0 aromatic carbocycles. The Bertz CT molecular complexity index is 1210. The van der Waals surface area contributed by atoms with Gasteiger partial charge in [0.2, 0.25) is 5.91 Å². The second-order valence-corrected chi connectivity index (χ2v) is 7.56. The molecule has 3 aromatic heterocycles. The number of rotatable bonds is 5. The molecule has 0 aliphatic carbocycles. The van der Waals surface area contributed by atoms with E-state index >= 15 is 0 Å². The summed E-state index contributed by atoms with van der Waals surface area (Å²) >= 11 is 0. The first kappa shape index (κ1) is 20.7. The number of anilines is 1. The summed E-state index contributed by atoms with van der Waals surface area (Å²) in [6.07, 6.45) is 2.38. The fraction of sp³-hybridized carbons (Fsp3) is 0.381. The van der Waals surface area contributed by atoms with Crippen LogP contribution in [0.4, 0.5) is 5.69 Å². The van der Waals surface area contributed by atoms with Crippen molar-refractivity contribution in [2.75, 3.05) is 31.6 Å². The molecule has 0 atom stereocenters. The smallest absolute Gasteiger partial charge is 0.269 e. The first-order valence-corrected chi connectivity index (χ1v) is 10.2. The van der Waals surface area contributed by atoms with Crippen LogP contribution in [-0.4, -0.2) is 63.0 Å². The molecule has 1 aliphatic heterocycles. The molecule has 1 fully saturated rings. The quantitative estimate of drug-likeness (QED) is 0.617. The molecule has 31 heavy (non-hydrogen) atoms. The number of piperazine rings is 1. The topological polar surface area (TPSA) is 116 Å². The molecule has 0 bridgehead atoms. The molecular formula is C21H25N7O3. The minimum atomic E-state index is -0.259. The number of H-pyrrole nitrogens is 1. The summed E-state index contributed by atoms with van der Waals surface area (Å²) in [6, 6.07) is 5.23. The Kier molecular flexibility index (Phi) is 5.55. The SMILES string of the molecule is CCc1cn2nc(CN3CCN(c4ccc(C(=O)NC)nc4C)C(=O)C3)cc2[nH]c1=O. The lowest BCUT2D eigenvalue weighted by molar-refractivity contribution is -0.121. The van der Waals surface area contributed by atoms with E-state index in [1.807, 2.05) is 17.9 Å². The van der Waals surface area contributed by atoms with Gasteiger partial charge >= 0.3 is 0 Å². The van der Waals surface area contributed by atoms with E-state index in [1.165, 1.54) is 0 Å². The Balaban J connectivity index is 1.46. The molecule has 2 N–H and O–H groups in total. The lowest BCUT2D eigenvalue weighted by Crippen LogP contribution is -2.50. The molecule has 0 unspecified atom stereocenters. The van der Waals surface area contributed by atoms with E-state index in [4.69, 9.17) is 0 Å². The number of fused-ring (bicyclic) bond motifs is 1. The van der Waals surface area contributed by atoms with Gasteiger partial charge in [-0.15, -0.1) is 0 Å². The number of aryl methyl sites for hydroxylation is 2. The van der Waals surface area contributed by atoms with Crippen LogP contribution in [0.1, 0.15) is 34.4 Å². The summed E-state index contributed by atoms with van der Waals surface area (Å²) in [5.41, 5.74) is 3.69. The Hall–Kier alpha value is -3.53. The maximum absolute atomic E-state index is 12.8. The van der Waals surface area contributed by atoms with Crippen molar-refractivity contribution in [3.63, 3.8) is 0 Å².